The molecule has 2 rings (SSSR count). The van der Waals surface area contributed by atoms with Gasteiger partial charge in [-0.15, -0.1) is 24.0 Å². The minimum atomic E-state index is 0. The summed E-state index contributed by atoms with van der Waals surface area (Å²) in [6, 6.07) is 9.27. The number of benzene rings is 1. The highest BCUT2D eigenvalue weighted by Gasteiger charge is 2.13. The monoisotopic (exact) mass is 547 g/mol. The molecule has 0 aromatic heterocycles. The molecular formula is C23H42IN5O2. The van der Waals surface area contributed by atoms with E-state index in [-0.39, 0.29) is 24.0 Å². The fourth-order valence-electron chi connectivity index (χ4n) is 3.72. The van der Waals surface area contributed by atoms with Gasteiger partial charge in [0, 0.05) is 64.0 Å². The molecule has 1 fully saturated rings. The number of rotatable bonds is 11. The number of aliphatic imine (C=N–C) groups is 1. The first-order valence-corrected chi connectivity index (χ1v) is 11.2. The van der Waals surface area contributed by atoms with Gasteiger partial charge < -0.3 is 20.1 Å². The summed E-state index contributed by atoms with van der Waals surface area (Å²) >= 11 is 0. The van der Waals surface area contributed by atoms with Crippen LogP contribution in [0.25, 0.3) is 0 Å². The van der Waals surface area contributed by atoms with Gasteiger partial charge >= 0.3 is 0 Å². The Balaban J connectivity index is 0.00000480. The number of nitrogens with zero attached hydrogens (tertiary/aromatic N) is 3. The van der Waals surface area contributed by atoms with Crippen molar-refractivity contribution < 1.29 is 9.47 Å². The van der Waals surface area contributed by atoms with Crippen LogP contribution in [0.3, 0.4) is 0 Å². The average Bonchev–Trinajstić information content (AvgIpc) is 2.74. The first-order chi connectivity index (χ1) is 14.5. The third-order valence-corrected chi connectivity index (χ3v) is 5.40. The van der Waals surface area contributed by atoms with E-state index in [9.17, 15) is 0 Å². The molecule has 7 nitrogen and oxygen atoms in total. The number of halogens is 1. The van der Waals surface area contributed by atoms with Crippen LogP contribution in [0.2, 0.25) is 0 Å². The molecule has 8 heteroatoms. The standard InChI is InChI=1S/C23H41N5O2.HI/c1-19(2)28(20(3)4)11-10-25-23(24-5)26-18-21-8-6-7-9-22(21)30-17-14-27-12-15-29-16-13-27;/h6-9,19-20H,10-18H2,1-5H3,(H2,24,25,26);1H. The van der Waals surface area contributed by atoms with Crippen LogP contribution < -0.4 is 15.4 Å². The van der Waals surface area contributed by atoms with Gasteiger partial charge in [-0.05, 0) is 33.8 Å². The maximum Gasteiger partial charge on any atom is 0.191 e. The van der Waals surface area contributed by atoms with Crippen molar-refractivity contribution in [3.8, 4) is 5.75 Å². The number of morpholine rings is 1. The molecule has 1 aliphatic heterocycles. The lowest BCUT2D eigenvalue weighted by Gasteiger charge is -2.30. The third-order valence-electron chi connectivity index (χ3n) is 5.40. The summed E-state index contributed by atoms with van der Waals surface area (Å²) in [7, 11) is 1.81. The quantitative estimate of drug-likeness (QED) is 0.253. The second-order valence-corrected chi connectivity index (χ2v) is 8.19. The molecule has 0 spiro atoms. The molecule has 2 N–H and O–H groups in total. The van der Waals surface area contributed by atoms with E-state index in [1.807, 2.05) is 25.2 Å². The molecule has 0 bridgehead atoms. The molecule has 31 heavy (non-hydrogen) atoms. The van der Waals surface area contributed by atoms with Gasteiger partial charge in [0.25, 0.3) is 0 Å². The maximum atomic E-state index is 6.08. The Kier molecular flexibility index (Phi) is 14.1. The molecule has 1 aromatic carbocycles. The van der Waals surface area contributed by atoms with Crippen molar-refractivity contribution in [2.75, 3.05) is 59.6 Å². The van der Waals surface area contributed by atoms with Crippen LogP contribution >= 0.6 is 24.0 Å². The van der Waals surface area contributed by atoms with Crippen LogP contribution in [0.15, 0.2) is 29.3 Å². The van der Waals surface area contributed by atoms with Crippen molar-refractivity contribution in [3.63, 3.8) is 0 Å². The summed E-state index contributed by atoms with van der Waals surface area (Å²) in [6.07, 6.45) is 0. The van der Waals surface area contributed by atoms with Gasteiger partial charge in [0.15, 0.2) is 5.96 Å². The summed E-state index contributed by atoms with van der Waals surface area (Å²) in [6.45, 7) is 16.7. The fraction of sp³-hybridized carbons (Fsp3) is 0.696. The van der Waals surface area contributed by atoms with Gasteiger partial charge in [-0.2, -0.15) is 0 Å². The van der Waals surface area contributed by atoms with Crippen molar-refractivity contribution in [2.45, 2.75) is 46.3 Å². The predicted molar refractivity (Wildman–Crippen MR) is 140 cm³/mol. The molecule has 0 saturated carbocycles. The Bertz CT molecular complexity index is 628. The zero-order chi connectivity index (χ0) is 21.8. The number of ether oxygens (including phenoxy) is 2. The molecule has 0 atom stereocenters. The number of hydrogen-bond acceptors (Lipinski definition) is 5. The molecule has 0 unspecified atom stereocenters. The topological polar surface area (TPSA) is 61.4 Å². The van der Waals surface area contributed by atoms with E-state index in [0.29, 0.717) is 25.2 Å². The molecule has 178 valence electrons. The van der Waals surface area contributed by atoms with Crippen LogP contribution in [-0.2, 0) is 11.3 Å². The Hall–Kier alpha value is -1.10. The van der Waals surface area contributed by atoms with Gasteiger partial charge in [0.2, 0.25) is 0 Å². The number of hydrogen-bond donors (Lipinski definition) is 2. The van der Waals surface area contributed by atoms with E-state index in [1.165, 1.54) is 0 Å². The Morgan fingerprint density at radius 2 is 1.81 bits per heavy atom. The van der Waals surface area contributed by atoms with Gasteiger partial charge in [0.1, 0.15) is 12.4 Å². The van der Waals surface area contributed by atoms with Gasteiger partial charge in [0.05, 0.1) is 13.2 Å². The molecule has 0 amide bonds. The van der Waals surface area contributed by atoms with Crippen molar-refractivity contribution in [1.82, 2.24) is 20.4 Å². The number of para-hydroxylation sites is 1. The minimum Gasteiger partial charge on any atom is -0.492 e. The summed E-state index contributed by atoms with van der Waals surface area (Å²) in [5, 5.41) is 6.83. The molecule has 1 aliphatic rings. The molecule has 0 aliphatic carbocycles. The third kappa shape index (κ3) is 10.4. The predicted octanol–water partition coefficient (Wildman–Crippen LogP) is 2.80. The normalized spacial score (nSPS) is 15.3. The van der Waals surface area contributed by atoms with E-state index in [1.54, 1.807) is 0 Å². The Labute approximate surface area is 206 Å². The van der Waals surface area contributed by atoms with Crippen molar-refractivity contribution in [2.24, 2.45) is 4.99 Å². The Morgan fingerprint density at radius 3 is 2.45 bits per heavy atom. The lowest BCUT2D eigenvalue weighted by molar-refractivity contribution is 0.0322. The lowest BCUT2D eigenvalue weighted by atomic mass is 10.2. The average molecular weight is 548 g/mol. The highest BCUT2D eigenvalue weighted by atomic mass is 127. The summed E-state index contributed by atoms with van der Waals surface area (Å²) < 4.78 is 11.5. The van der Waals surface area contributed by atoms with Crippen LogP contribution in [0.4, 0.5) is 0 Å². The van der Waals surface area contributed by atoms with E-state index < -0.39 is 0 Å². The largest absolute Gasteiger partial charge is 0.492 e. The molecule has 1 saturated heterocycles. The molecule has 1 heterocycles. The first-order valence-electron chi connectivity index (χ1n) is 11.2. The highest BCUT2D eigenvalue weighted by molar-refractivity contribution is 14.0. The van der Waals surface area contributed by atoms with E-state index in [2.05, 4.69) is 59.2 Å². The number of guanidine groups is 1. The second-order valence-electron chi connectivity index (χ2n) is 8.19. The fourth-order valence-corrected chi connectivity index (χ4v) is 3.72. The molecular weight excluding hydrogens is 505 g/mol. The van der Waals surface area contributed by atoms with Crippen molar-refractivity contribution in [3.05, 3.63) is 29.8 Å². The highest BCUT2D eigenvalue weighted by Crippen LogP contribution is 2.17. The summed E-state index contributed by atoms with van der Waals surface area (Å²) in [4.78, 5) is 9.21. The van der Waals surface area contributed by atoms with E-state index >= 15 is 0 Å². The first kappa shape index (κ1) is 27.9. The van der Waals surface area contributed by atoms with Gasteiger partial charge in [-0.1, -0.05) is 18.2 Å². The lowest BCUT2D eigenvalue weighted by Crippen LogP contribution is -2.45. The second kappa shape index (κ2) is 15.7. The molecule has 1 aromatic rings. The minimum absolute atomic E-state index is 0. The van der Waals surface area contributed by atoms with E-state index in [4.69, 9.17) is 9.47 Å². The number of nitrogens with one attached hydrogen (secondary N) is 2. The van der Waals surface area contributed by atoms with Gasteiger partial charge in [-0.3, -0.25) is 14.8 Å². The zero-order valence-corrected chi connectivity index (χ0v) is 22.2. The smallest absolute Gasteiger partial charge is 0.191 e. The van der Waals surface area contributed by atoms with Crippen molar-refractivity contribution >= 4 is 29.9 Å². The van der Waals surface area contributed by atoms with Crippen LogP contribution in [-0.4, -0.2) is 87.4 Å². The van der Waals surface area contributed by atoms with Crippen LogP contribution in [0.1, 0.15) is 33.3 Å². The zero-order valence-electron chi connectivity index (χ0n) is 19.9. The Morgan fingerprint density at radius 1 is 1.13 bits per heavy atom. The SMILES string of the molecule is CN=C(NCCN(C(C)C)C(C)C)NCc1ccccc1OCCN1CCOCC1.I. The van der Waals surface area contributed by atoms with Crippen molar-refractivity contribution in [1.29, 1.82) is 0 Å². The molecule has 0 radical (unpaired) electrons. The maximum absolute atomic E-state index is 6.08. The summed E-state index contributed by atoms with van der Waals surface area (Å²) in [5.41, 5.74) is 1.13. The van der Waals surface area contributed by atoms with Crippen LogP contribution in [0.5, 0.6) is 5.75 Å². The van der Waals surface area contributed by atoms with Gasteiger partial charge in [-0.25, -0.2) is 0 Å². The van der Waals surface area contributed by atoms with Crippen LogP contribution in [0, 0.1) is 0 Å². The summed E-state index contributed by atoms with van der Waals surface area (Å²) in [5.74, 6) is 1.74. The van der Waals surface area contributed by atoms with E-state index in [0.717, 1.165) is 63.2 Å².